The van der Waals surface area contributed by atoms with Gasteiger partial charge in [0, 0.05) is 6.54 Å². The number of aliphatic carboxylic acids is 1. The number of sulfonamides is 1. The highest BCUT2D eigenvalue weighted by Gasteiger charge is 2.32. The van der Waals surface area contributed by atoms with Crippen molar-refractivity contribution in [3.05, 3.63) is 11.6 Å². The molecule has 3 atom stereocenters. The Hall–Kier alpha value is -0.880. The second-order valence-electron chi connectivity index (χ2n) is 6.68. The van der Waals surface area contributed by atoms with Gasteiger partial charge in [-0.05, 0) is 43.4 Å². The van der Waals surface area contributed by atoms with Crippen LogP contribution in [0.3, 0.4) is 0 Å². The zero-order valence-electron chi connectivity index (χ0n) is 14.0. The summed E-state index contributed by atoms with van der Waals surface area (Å²) < 4.78 is 26.4. The molecule has 5 nitrogen and oxygen atoms in total. The zero-order valence-corrected chi connectivity index (χ0v) is 14.8. The van der Waals surface area contributed by atoms with Crippen LogP contribution in [0.4, 0.5) is 0 Å². The number of nitrogens with one attached hydrogen (secondary N) is 1. The molecule has 0 spiro atoms. The summed E-state index contributed by atoms with van der Waals surface area (Å²) in [4.78, 5) is 11.0. The number of carbonyl (C=O) groups is 1. The van der Waals surface area contributed by atoms with E-state index in [-0.39, 0.29) is 24.0 Å². The predicted octanol–water partition coefficient (Wildman–Crippen LogP) is 2.65. The maximum Gasteiger partial charge on any atom is 0.303 e. The minimum Gasteiger partial charge on any atom is -0.481 e. The predicted molar refractivity (Wildman–Crippen MR) is 88.0 cm³/mol. The molecule has 0 fully saturated rings. The van der Waals surface area contributed by atoms with E-state index in [2.05, 4.69) is 24.6 Å². The van der Waals surface area contributed by atoms with Gasteiger partial charge in [-0.25, -0.2) is 13.1 Å². The summed E-state index contributed by atoms with van der Waals surface area (Å²) in [5, 5.41) is 9.02. The molecule has 1 aliphatic carbocycles. The Balaban J connectivity index is 2.83. The number of hydrogen-bond donors (Lipinski definition) is 2. The molecular weight excluding hydrogens is 302 g/mol. The Morgan fingerprint density at radius 3 is 2.59 bits per heavy atom. The third-order valence-electron chi connectivity index (χ3n) is 4.52. The second-order valence-corrected chi connectivity index (χ2v) is 8.61. The van der Waals surface area contributed by atoms with Gasteiger partial charge in [-0.2, -0.15) is 0 Å². The smallest absolute Gasteiger partial charge is 0.303 e. The molecule has 0 radical (unpaired) electrons. The van der Waals surface area contributed by atoms with Crippen molar-refractivity contribution in [2.45, 2.75) is 47.0 Å². The minimum atomic E-state index is -3.20. The lowest BCUT2D eigenvalue weighted by molar-refractivity contribution is -0.138. The van der Waals surface area contributed by atoms with Crippen LogP contribution in [-0.2, 0) is 14.8 Å². The summed E-state index contributed by atoms with van der Waals surface area (Å²) in [6.07, 6.45) is 3.64. The van der Waals surface area contributed by atoms with Gasteiger partial charge in [0.25, 0.3) is 0 Å². The molecule has 0 aromatic carbocycles. The fourth-order valence-electron chi connectivity index (χ4n) is 3.28. The summed E-state index contributed by atoms with van der Waals surface area (Å²) in [7, 11) is -3.20. The summed E-state index contributed by atoms with van der Waals surface area (Å²) in [6.45, 7) is 8.44. The summed E-state index contributed by atoms with van der Waals surface area (Å²) in [5.74, 6) is 0.266. The average molecular weight is 331 g/mol. The molecule has 0 saturated carbocycles. The summed E-state index contributed by atoms with van der Waals surface area (Å²) >= 11 is 0. The highest BCUT2D eigenvalue weighted by atomic mass is 32.2. The lowest BCUT2D eigenvalue weighted by Crippen LogP contribution is -2.37. The summed E-state index contributed by atoms with van der Waals surface area (Å²) in [5.41, 5.74) is 1.07. The van der Waals surface area contributed by atoms with Gasteiger partial charge in [0.15, 0.2) is 0 Å². The molecule has 0 aromatic rings. The molecule has 1 rings (SSSR count). The van der Waals surface area contributed by atoms with Crippen LogP contribution in [-0.4, -0.2) is 31.8 Å². The average Bonchev–Trinajstić information content (AvgIpc) is 2.38. The van der Waals surface area contributed by atoms with Crippen LogP contribution >= 0.6 is 0 Å². The fraction of sp³-hybridized carbons (Fsp3) is 0.812. The van der Waals surface area contributed by atoms with Crippen LogP contribution in [0.15, 0.2) is 11.6 Å². The first-order valence-electron chi connectivity index (χ1n) is 8.03. The van der Waals surface area contributed by atoms with E-state index in [9.17, 15) is 13.2 Å². The topological polar surface area (TPSA) is 83.5 Å². The van der Waals surface area contributed by atoms with E-state index in [0.717, 1.165) is 12.0 Å². The normalized spacial score (nSPS) is 26.0. The second kappa shape index (κ2) is 8.11. The quantitative estimate of drug-likeness (QED) is 0.670. The van der Waals surface area contributed by atoms with Crippen molar-refractivity contribution in [3.8, 4) is 0 Å². The molecule has 0 aliphatic heterocycles. The Bertz CT molecular complexity index is 510. The number of rotatable bonds is 8. The van der Waals surface area contributed by atoms with Crippen molar-refractivity contribution in [2.24, 2.45) is 23.7 Å². The van der Waals surface area contributed by atoms with Crippen molar-refractivity contribution in [1.29, 1.82) is 0 Å². The Morgan fingerprint density at radius 1 is 1.45 bits per heavy atom. The van der Waals surface area contributed by atoms with Gasteiger partial charge < -0.3 is 5.11 Å². The van der Waals surface area contributed by atoms with Crippen LogP contribution in [0.2, 0.25) is 0 Å². The monoisotopic (exact) mass is 331 g/mol. The molecule has 0 aromatic heterocycles. The molecule has 6 heteroatoms. The van der Waals surface area contributed by atoms with E-state index in [1.807, 2.05) is 13.8 Å². The standard InChI is InChI=1S/C16H29NO4S/c1-5-6-22(20,21)17-10-14-7-12(4)13(9-16(18)19)8-15(14)11(2)3/h7,11,13-15,17H,5-6,8-10H2,1-4H3,(H,18,19). The number of carboxylic acid groups (broad SMARTS) is 1. The SMILES string of the molecule is CCCS(=O)(=O)NCC1C=C(C)C(CC(=O)O)CC1C(C)C. The molecule has 0 heterocycles. The van der Waals surface area contributed by atoms with Crippen LogP contribution in [0.25, 0.3) is 0 Å². The van der Waals surface area contributed by atoms with E-state index in [1.165, 1.54) is 0 Å². The fourth-order valence-corrected chi connectivity index (χ4v) is 4.41. The first kappa shape index (κ1) is 19.2. The van der Waals surface area contributed by atoms with Crippen LogP contribution in [0.1, 0.15) is 47.0 Å². The van der Waals surface area contributed by atoms with Crippen LogP contribution in [0, 0.1) is 23.7 Å². The van der Waals surface area contributed by atoms with Crippen LogP contribution < -0.4 is 4.72 Å². The largest absolute Gasteiger partial charge is 0.481 e. The molecule has 0 saturated heterocycles. The van der Waals surface area contributed by atoms with E-state index in [1.54, 1.807) is 0 Å². The Morgan fingerprint density at radius 2 is 2.09 bits per heavy atom. The number of carboxylic acids is 1. The maximum atomic E-state index is 11.8. The lowest BCUT2D eigenvalue weighted by atomic mass is 9.70. The molecule has 0 amide bonds. The molecule has 2 N–H and O–H groups in total. The third-order valence-corrected chi connectivity index (χ3v) is 6.07. The first-order chi connectivity index (χ1) is 10.2. The first-order valence-corrected chi connectivity index (χ1v) is 9.69. The van der Waals surface area contributed by atoms with Crippen molar-refractivity contribution in [2.75, 3.05) is 12.3 Å². The van der Waals surface area contributed by atoms with Crippen molar-refractivity contribution in [1.82, 2.24) is 4.72 Å². The molecule has 128 valence electrons. The number of allylic oxidation sites excluding steroid dienone is 1. The molecular formula is C16H29NO4S. The van der Waals surface area contributed by atoms with Crippen molar-refractivity contribution >= 4 is 16.0 Å². The molecule has 22 heavy (non-hydrogen) atoms. The van der Waals surface area contributed by atoms with E-state index < -0.39 is 16.0 Å². The maximum absolute atomic E-state index is 11.8. The van der Waals surface area contributed by atoms with E-state index in [4.69, 9.17) is 5.11 Å². The lowest BCUT2D eigenvalue weighted by Gasteiger charge is -2.36. The molecule has 1 aliphatic rings. The van der Waals surface area contributed by atoms with Gasteiger partial charge in [0.2, 0.25) is 10.0 Å². The van der Waals surface area contributed by atoms with Crippen molar-refractivity contribution in [3.63, 3.8) is 0 Å². The van der Waals surface area contributed by atoms with Gasteiger partial charge in [-0.15, -0.1) is 0 Å². The van der Waals surface area contributed by atoms with E-state index in [0.29, 0.717) is 24.8 Å². The minimum absolute atomic E-state index is 0.0633. The molecule has 0 bridgehead atoms. The van der Waals surface area contributed by atoms with Gasteiger partial charge in [0.05, 0.1) is 12.2 Å². The Kier molecular flexibility index (Phi) is 7.06. The van der Waals surface area contributed by atoms with Gasteiger partial charge in [-0.3, -0.25) is 4.79 Å². The third kappa shape index (κ3) is 5.72. The van der Waals surface area contributed by atoms with Gasteiger partial charge in [0.1, 0.15) is 0 Å². The highest BCUT2D eigenvalue weighted by molar-refractivity contribution is 7.89. The van der Waals surface area contributed by atoms with Crippen molar-refractivity contribution < 1.29 is 18.3 Å². The van der Waals surface area contributed by atoms with Gasteiger partial charge >= 0.3 is 5.97 Å². The van der Waals surface area contributed by atoms with Gasteiger partial charge in [-0.1, -0.05) is 32.4 Å². The zero-order chi connectivity index (χ0) is 16.9. The summed E-state index contributed by atoms with van der Waals surface area (Å²) in [6, 6.07) is 0. The highest BCUT2D eigenvalue weighted by Crippen LogP contribution is 2.38. The molecule has 3 unspecified atom stereocenters. The Labute approximate surface area is 134 Å². The van der Waals surface area contributed by atoms with Crippen LogP contribution in [0.5, 0.6) is 0 Å². The van der Waals surface area contributed by atoms with E-state index >= 15 is 0 Å². The number of hydrogen-bond acceptors (Lipinski definition) is 3.